The Kier molecular flexibility index (Phi) is 2.37. The molecule has 4 N–H and O–H groups in total. The maximum Gasteiger partial charge on any atom is 0.385 e. The molecule has 0 aromatic rings. The molecule has 0 saturated carbocycles. The molecule has 0 amide bonds. The van der Waals surface area contributed by atoms with Crippen LogP contribution in [0.15, 0.2) is 23.4 Å². The molecule has 1 aliphatic heterocycles. The van der Waals surface area contributed by atoms with Gasteiger partial charge in [0.1, 0.15) is 6.26 Å². The number of aliphatic hydroxyl groups excluding tert-OH is 2. The van der Waals surface area contributed by atoms with Crippen molar-refractivity contribution in [1.29, 1.82) is 0 Å². The quantitative estimate of drug-likeness (QED) is 0.321. The number of carbonyl (C=O) groups excluding carboxylic acids is 1. The number of esters is 1. The summed E-state index contributed by atoms with van der Waals surface area (Å²) in [5.41, 5.74) is -0.760. The minimum absolute atomic E-state index is 0.506. The average Bonchev–Trinajstić information content (AvgIpc) is 2.13. The summed E-state index contributed by atoms with van der Waals surface area (Å²) in [4.78, 5) is 11.0. The summed E-state index contributed by atoms with van der Waals surface area (Å²) in [7, 11) is 1.00. The van der Waals surface area contributed by atoms with Crippen LogP contribution in [0.4, 0.5) is 0 Å². The number of aliphatic hydroxyl groups is 4. The third-order valence-electron chi connectivity index (χ3n) is 1.53. The fourth-order valence-corrected chi connectivity index (χ4v) is 0.840. The minimum atomic E-state index is -3.03. The largest absolute Gasteiger partial charge is 0.504 e. The number of ether oxygens (including phenoxy) is 2. The van der Waals surface area contributed by atoms with Crippen LogP contribution in [0.3, 0.4) is 0 Å². The van der Waals surface area contributed by atoms with E-state index in [1.807, 2.05) is 0 Å². The van der Waals surface area contributed by atoms with Crippen LogP contribution in [-0.4, -0.2) is 39.5 Å². The summed E-state index contributed by atoms with van der Waals surface area (Å²) in [5.74, 6) is -6.14. The Labute approximate surface area is 78.1 Å². The molecule has 0 aromatic heterocycles. The maximum atomic E-state index is 11.0. The van der Waals surface area contributed by atoms with Gasteiger partial charge < -0.3 is 29.9 Å². The summed E-state index contributed by atoms with van der Waals surface area (Å²) in [6.07, 6.45) is 0.506. The van der Waals surface area contributed by atoms with Crippen molar-refractivity contribution in [3.8, 4) is 0 Å². The predicted molar refractivity (Wildman–Crippen MR) is 40.6 cm³/mol. The highest BCUT2D eigenvalue weighted by Crippen LogP contribution is 2.27. The highest BCUT2D eigenvalue weighted by molar-refractivity contribution is 5.93. The fourth-order valence-electron chi connectivity index (χ4n) is 0.840. The standard InChI is InChI=1S/C7H8O7/c1-13-6(10)4-3(8)2-14-7(11,12)5(4)9/h2,8-9,11-12H,1H3. The Morgan fingerprint density at radius 1 is 1.50 bits per heavy atom. The average molecular weight is 204 g/mol. The highest BCUT2D eigenvalue weighted by atomic mass is 16.8. The van der Waals surface area contributed by atoms with Crippen molar-refractivity contribution in [2.24, 2.45) is 0 Å². The van der Waals surface area contributed by atoms with Crippen LogP contribution in [0.1, 0.15) is 0 Å². The maximum absolute atomic E-state index is 11.0. The Hall–Kier alpha value is -1.73. The van der Waals surface area contributed by atoms with Crippen molar-refractivity contribution in [1.82, 2.24) is 0 Å². The Bertz CT molecular complexity index is 325. The van der Waals surface area contributed by atoms with E-state index in [9.17, 15) is 4.79 Å². The number of carbonyl (C=O) groups is 1. The van der Waals surface area contributed by atoms with Gasteiger partial charge in [-0.15, -0.1) is 0 Å². The summed E-state index contributed by atoms with van der Waals surface area (Å²) in [6.45, 7) is 0. The summed E-state index contributed by atoms with van der Waals surface area (Å²) >= 11 is 0. The van der Waals surface area contributed by atoms with Crippen LogP contribution >= 0.6 is 0 Å². The van der Waals surface area contributed by atoms with Crippen molar-refractivity contribution in [2.45, 2.75) is 5.97 Å². The van der Waals surface area contributed by atoms with Gasteiger partial charge in [0.05, 0.1) is 7.11 Å². The smallest absolute Gasteiger partial charge is 0.385 e. The van der Waals surface area contributed by atoms with Crippen LogP contribution < -0.4 is 0 Å². The van der Waals surface area contributed by atoms with Gasteiger partial charge in [-0.05, 0) is 0 Å². The van der Waals surface area contributed by atoms with Gasteiger partial charge in [0, 0.05) is 0 Å². The lowest BCUT2D eigenvalue weighted by atomic mass is 10.1. The second kappa shape index (κ2) is 3.20. The Balaban J connectivity index is 3.20. The lowest BCUT2D eigenvalue weighted by Crippen LogP contribution is -2.37. The molecular weight excluding hydrogens is 196 g/mol. The Morgan fingerprint density at radius 3 is 2.57 bits per heavy atom. The van der Waals surface area contributed by atoms with Gasteiger partial charge in [-0.1, -0.05) is 0 Å². The van der Waals surface area contributed by atoms with Gasteiger partial charge in [0.25, 0.3) is 0 Å². The molecule has 78 valence electrons. The molecule has 7 nitrogen and oxygen atoms in total. The van der Waals surface area contributed by atoms with E-state index in [1.165, 1.54) is 0 Å². The molecule has 0 aromatic carbocycles. The van der Waals surface area contributed by atoms with E-state index >= 15 is 0 Å². The first-order chi connectivity index (χ1) is 6.40. The summed E-state index contributed by atoms with van der Waals surface area (Å²) in [6, 6.07) is 0. The van der Waals surface area contributed by atoms with Gasteiger partial charge in [0.2, 0.25) is 5.76 Å². The SMILES string of the molecule is COC(=O)C1=C(O)C(O)(O)OC=C1O. The monoisotopic (exact) mass is 204 g/mol. The number of hydrogen-bond acceptors (Lipinski definition) is 7. The third kappa shape index (κ3) is 1.50. The predicted octanol–water partition coefficient (Wildman–Crippen LogP) is -0.960. The zero-order valence-electron chi connectivity index (χ0n) is 7.09. The normalized spacial score (nSPS) is 19.8. The van der Waals surface area contributed by atoms with E-state index in [0.29, 0.717) is 6.26 Å². The van der Waals surface area contributed by atoms with Crippen LogP contribution in [0.25, 0.3) is 0 Å². The second-order valence-electron chi connectivity index (χ2n) is 2.44. The van der Waals surface area contributed by atoms with Gasteiger partial charge in [-0.2, -0.15) is 0 Å². The summed E-state index contributed by atoms with van der Waals surface area (Å²) < 4.78 is 8.29. The molecule has 14 heavy (non-hydrogen) atoms. The van der Waals surface area contributed by atoms with Gasteiger partial charge in [-0.25, -0.2) is 4.79 Å². The number of hydrogen-bond donors (Lipinski definition) is 4. The van der Waals surface area contributed by atoms with Crippen LogP contribution in [0.5, 0.6) is 0 Å². The highest BCUT2D eigenvalue weighted by Gasteiger charge is 2.41. The van der Waals surface area contributed by atoms with Crippen molar-refractivity contribution >= 4 is 5.97 Å². The molecule has 1 aliphatic rings. The van der Waals surface area contributed by atoms with Crippen molar-refractivity contribution < 1.29 is 34.7 Å². The van der Waals surface area contributed by atoms with E-state index < -0.39 is 29.0 Å². The first-order valence-electron chi connectivity index (χ1n) is 3.44. The third-order valence-corrected chi connectivity index (χ3v) is 1.53. The molecule has 0 bridgehead atoms. The molecule has 1 heterocycles. The van der Waals surface area contributed by atoms with Crippen LogP contribution in [0, 0.1) is 0 Å². The van der Waals surface area contributed by atoms with Gasteiger partial charge in [-0.3, -0.25) is 0 Å². The molecule has 0 aliphatic carbocycles. The number of methoxy groups -OCH3 is 1. The molecule has 1 rings (SSSR count). The molecular formula is C7H8O7. The Morgan fingerprint density at radius 2 is 2.07 bits per heavy atom. The molecule has 0 spiro atoms. The second-order valence-corrected chi connectivity index (χ2v) is 2.44. The summed E-state index contributed by atoms with van der Waals surface area (Å²) in [5, 5.41) is 36.1. The molecule has 7 heteroatoms. The molecule has 0 radical (unpaired) electrons. The minimum Gasteiger partial charge on any atom is -0.504 e. The van der Waals surface area contributed by atoms with Gasteiger partial charge >= 0.3 is 11.9 Å². The lowest BCUT2D eigenvalue weighted by Gasteiger charge is -2.24. The first-order valence-corrected chi connectivity index (χ1v) is 3.44. The van der Waals surface area contributed by atoms with E-state index in [4.69, 9.17) is 20.4 Å². The zero-order valence-corrected chi connectivity index (χ0v) is 7.09. The van der Waals surface area contributed by atoms with Gasteiger partial charge in [0.15, 0.2) is 11.3 Å². The fraction of sp³-hybridized carbons (Fsp3) is 0.286. The lowest BCUT2D eigenvalue weighted by molar-refractivity contribution is -0.305. The van der Waals surface area contributed by atoms with Crippen molar-refractivity contribution in [3.63, 3.8) is 0 Å². The number of rotatable bonds is 1. The first kappa shape index (κ1) is 10.4. The zero-order chi connectivity index (χ0) is 10.9. The molecule has 0 atom stereocenters. The van der Waals surface area contributed by atoms with Crippen LogP contribution in [0.2, 0.25) is 0 Å². The molecule has 0 fully saturated rings. The molecule has 0 unspecified atom stereocenters. The van der Waals surface area contributed by atoms with E-state index in [0.717, 1.165) is 7.11 Å². The van der Waals surface area contributed by atoms with E-state index in [2.05, 4.69) is 9.47 Å². The molecule has 0 saturated heterocycles. The van der Waals surface area contributed by atoms with Crippen LogP contribution in [-0.2, 0) is 14.3 Å². The topological polar surface area (TPSA) is 116 Å². The van der Waals surface area contributed by atoms with Crippen molar-refractivity contribution in [2.75, 3.05) is 7.11 Å². The van der Waals surface area contributed by atoms with E-state index in [-0.39, 0.29) is 0 Å². The van der Waals surface area contributed by atoms with Crippen molar-refractivity contribution in [3.05, 3.63) is 23.4 Å². The van der Waals surface area contributed by atoms with E-state index in [1.54, 1.807) is 0 Å².